The lowest BCUT2D eigenvalue weighted by atomic mass is 10.2. The van der Waals surface area contributed by atoms with Crippen LogP contribution in [0.2, 0.25) is 5.02 Å². The first-order valence-electron chi connectivity index (χ1n) is 9.60. The van der Waals surface area contributed by atoms with Gasteiger partial charge in [-0.3, -0.25) is 9.69 Å². The zero-order valence-electron chi connectivity index (χ0n) is 16.2. The quantitative estimate of drug-likeness (QED) is 0.735. The van der Waals surface area contributed by atoms with Crippen LogP contribution in [0.15, 0.2) is 48.7 Å². The standard InChI is InChI=1S/C21H27ClN4O2/c1-17(24-21(27)16-28-15-18-6-2-3-7-19(18)22)14-25-10-12-26(13-11-25)20-8-4-5-9-23-20/h2-9,17H,10-16H2,1H3,(H,24,27). The first kappa shape index (κ1) is 20.6. The summed E-state index contributed by atoms with van der Waals surface area (Å²) in [5.41, 5.74) is 0.885. The Kier molecular flexibility index (Phi) is 7.65. The normalized spacial score (nSPS) is 16.0. The van der Waals surface area contributed by atoms with Crippen LogP contribution in [-0.4, -0.2) is 61.2 Å². The van der Waals surface area contributed by atoms with Gasteiger partial charge in [-0.25, -0.2) is 4.98 Å². The maximum absolute atomic E-state index is 12.1. The van der Waals surface area contributed by atoms with Gasteiger partial charge in [0.05, 0.1) is 6.61 Å². The Morgan fingerprint density at radius 1 is 1.18 bits per heavy atom. The third-order valence-corrected chi connectivity index (χ3v) is 5.10. The molecule has 6 nitrogen and oxygen atoms in total. The highest BCUT2D eigenvalue weighted by molar-refractivity contribution is 6.31. The summed E-state index contributed by atoms with van der Waals surface area (Å²) in [7, 11) is 0. The fourth-order valence-electron chi connectivity index (χ4n) is 3.32. The number of carbonyl (C=O) groups is 1. The molecular formula is C21H27ClN4O2. The molecule has 2 heterocycles. The molecule has 0 spiro atoms. The van der Waals surface area contributed by atoms with E-state index in [4.69, 9.17) is 16.3 Å². The molecule has 150 valence electrons. The van der Waals surface area contributed by atoms with Gasteiger partial charge in [0.15, 0.2) is 0 Å². The van der Waals surface area contributed by atoms with E-state index in [1.807, 2.05) is 55.6 Å². The number of carbonyl (C=O) groups excluding carboxylic acids is 1. The molecule has 0 radical (unpaired) electrons. The average Bonchev–Trinajstić information content (AvgIpc) is 2.70. The third-order valence-electron chi connectivity index (χ3n) is 4.73. The van der Waals surface area contributed by atoms with Gasteiger partial charge in [0, 0.05) is 50.0 Å². The number of rotatable bonds is 8. The van der Waals surface area contributed by atoms with Gasteiger partial charge in [-0.1, -0.05) is 35.9 Å². The molecule has 1 N–H and O–H groups in total. The van der Waals surface area contributed by atoms with Crippen LogP contribution in [0.25, 0.3) is 0 Å². The molecule has 7 heteroatoms. The molecule has 1 saturated heterocycles. The van der Waals surface area contributed by atoms with E-state index in [2.05, 4.69) is 20.1 Å². The lowest BCUT2D eigenvalue weighted by Gasteiger charge is -2.36. The number of hydrogen-bond donors (Lipinski definition) is 1. The number of nitrogens with one attached hydrogen (secondary N) is 1. The highest BCUT2D eigenvalue weighted by atomic mass is 35.5. The van der Waals surface area contributed by atoms with E-state index in [1.165, 1.54) is 0 Å². The topological polar surface area (TPSA) is 57.7 Å². The number of amides is 1. The Morgan fingerprint density at radius 2 is 1.93 bits per heavy atom. The first-order chi connectivity index (χ1) is 13.6. The van der Waals surface area contributed by atoms with Crippen molar-refractivity contribution in [3.8, 4) is 0 Å². The summed E-state index contributed by atoms with van der Waals surface area (Å²) in [6, 6.07) is 13.5. The van der Waals surface area contributed by atoms with Crippen molar-refractivity contribution in [1.82, 2.24) is 15.2 Å². The van der Waals surface area contributed by atoms with Gasteiger partial charge in [0.25, 0.3) is 0 Å². The molecule has 0 bridgehead atoms. The van der Waals surface area contributed by atoms with Crippen LogP contribution in [0.4, 0.5) is 5.82 Å². The number of ether oxygens (including phenoxy) is 1. The number of piperazine rings is 1. The summed E-state index contributed by atoms with van der Waals surface area (Å²) in [5.74, 6) is 0.922. The highest BCUT2D eigenvalue weighted by Gasteiger charge is 2.20. The van der Waals surface area contributed by atoms with Crippen molar-refractivity contribution in [3.63, 3.8) is 0 Å². The maximum atomic E-state index is 12.1. The molecule has 0 aliphatic carbocycles. The second-order valence-corrected chi connectivity index (χ2v) is 7.44. The van der Waals surface area contributed by atoms with Crippen LogP contribution in [0.5, 0.6) is 0 Å². The second-order valence-electron chi connectivity index (χ2n) is 7.03. The fraction of sp³-hybridized carbons (Fsp3) is 0.429. The number of aromatic nitrogens is 1. The van der Waals surface area contributed by atoms with Gasteiger partial charge < -0.3 is 15.0 Å². The molecule has 1 aromatic heterocycles. The smallest absolute Gasteiger partial charge is 0.246 e. The Balaban J connectivity index is 1.33. The predicted molar refractivity (Wildman–Crippen MR) is 112 cm³/mol. The summed E-state index contributed by atoms with van der Waals surface area (Å²) in [6.07, 6.45) is 1.83. The Hall–Kier alpha value is -2.15. The number of nitrogens with zero attached hydrogens (tertiary/aromatic N) is 3. The Morgan fingerprint density at radius 3 is 2.64 bits per heavy atom. The van der Waals surface area contributed by atoms with Gasteiger partial charge in [0.1, 0.15) is 12.4 Å². The van der Waals surface area contributed by atoms with Crippen molar-refractivity contribution in [2.75, 3.05) is 44.2 Å². The highest BCUT2D eigenvalue weighted by Crippen LogP contribution is 2.15. The zero-order valence-corrected chi connectivity index (χ0v) is 16.9. The van der Waals surface area contributed by atoms with Crippen molar-refractivity contribution < 1.29 is 9.53 Å². The summed E-state index contributed by atoms with van der Waals surface area (Å²) >= 11 is 6.09. The Labute approximate surface area is 171 Å². The predicted octanol–water partition coefficient (Wildman–Crippen LogP) is 2.58. The molecule has 1 aliphatic rings. The monoisotopic (exact) mass is 402 g/mol. The van der Waals surface area contributed by atoms with Crippen molar-refractivity contribution in [2.45, 2.75) is 19.6 Å². The van der Waals surface area contributed by atoms with Crippen molar-refractivity contribution in [2.24, 2.45) is 0 Å². The molecule has 1 aromatic carbocycles. The second kappa shape index (κ2) is 10.4. The minimum atomic E-state index is -0.105. The van der Waals surface area contributed by atoms with Crippen LogP contribution in [0, 0.1) is 0 Å². The number of hydrogen-bond acceptors (Lipinski definition) is 5. The van der Waals surface area contributed by atoms with Crippen LogP contribution < -0.4 is 10.2 Å². The van der Waals surface area contributed by atoms with E-state index in [-0.39, 0.29) is 18.6 Å². The van der Waals surface area contributed by atoms with Gasteiger partial charge in [-0.2, -0.15) is 0 Å². The van der Waals surface area contributed by atoms with Crippen molar-refractivity contribution >= 4 is 23.3 Å². The van der Waals surface area contributed by atoms with E-state index < -0.39 is 0 Å². The van der Waals surface area contributed by atoms with Crippen LogP contribution in [-0.2, 0) is 16.1 Å². The molecule has 1 amide bonds. The van der Waals surface area contributed by atoms with E-state index >= 15 is 0 Å². The lowest BCUT2D eigenvalue weighted by molar-refractivity contribution is -0.126. The largest absolute Gasteiger partial charge is 0.367 e. The van der Waals surface area contributed by atoms with Gasteiger partial charge in [-0.15, -0.1) is 0 Å². The molecule has 1 fully saturated rings. The molecule has 1 unspecified atom stereocenters. The molecule has 0 saturated carbocycles. The van der Waals surface area contributed by atoms with Crippen LogP contribution in [0.1, 0.15) is 12.5 Å². The third kappa shape index (κ3) is 6.19. The van der Waals surface area contributed by atoms with E-state index in [0.717, 1.165) is 44.1 Å². The number of anilines is 1. The summed E-state index contributed by atoms with van der Waals surface area (Å²) in [4.78, 5) is 21.2. The van der Waals surface area contributed by atoms with Crippen LogP contribution in [0.3, 0.4) is 0 Å². The fourth-order valence-corrected chi connectivity index (χ4v) is 3.51. The van der Waals surface area contributed by atoms with Crippen LogP contribution >= 0.6 is 11.6 Å². The zero-order chi connectivity index (χ0) is 19.8. The lowest BCUT2D eigenvalue weighted by Crippen LogP contribution is -2.51. The van der Waals surface area contributed by atoms with Gasteiger partial charge in [-0.05, 0) is 30.7 Å². The summed E-state index contributed by atoms with van der Waals surface area (Å²) in [6.45, 7) is 7.01. The first-order valence-corrected chi connectivity index (χ1v) is 9.98. The molecular weight excluding hydrogens is 376 g/mol. The van der Waals surface area contributed by atoms with Crippen molar-refractivity contribution in [1.29, 1.82) is 0 Å². The average molecular weight is 403 g/mol. The number of halogens is 1. The van der Waals surface area contributed by atoms with E-state index in [9.17, 15) is 4.79 Å². The molecule has 3 rings (SSSR count). The molecule has 1 aliphatic heterocycles. The molecule has 28 heavy (non-hydrogen) atoms. The molecule has 1 atom stereocenters. The SMILES string of the molecule is CC(CN1CCN(c2ccccn2)CC1)NC(=O)COCc1ccccc1Cl. The van der Waals surface area contributed by atoms with Gasteiger partial charge >= 0.3 is 0 Å². The van der Waals surface area contributed by atoms with Gasteiger partial charge in [0.2, 0.25) is 5.91 Å². The number of pyridine rings is 1. The van der Waals surface area contributed by atoms with E-state index in [1.54, 1.807) is 0 Å². The van der Waals surface area contributed by atoms with Crippen molar-refractivity contribution in [3.05, 3.63) is 59.2 Å². The maximum Gasteiger partial charge on any atom is 0.246 e. The summed E-state index contributed by atoms with van der Waals surface area (Å²) in [5, 5.41) is 3.66. The Bertz CT molecular complexity index is 751. The van der Waals surface area contributed by atoms with E-state index in [0.29, 0.717) is 11.6 Å². The summed E-state index contributed by atoms with van der Waals surface area (Å²) < 4.78 is 5.49. The minimum Gasteiger partial charge on any atom is -0.367 e. The number of benzene rings is 1. The molecule has 2 aromatic rings. The minimum absolute atomic E-state index is 0.0308.